The molecule has 3 unspecified atom stereocenters. The van der Waals surface area contributed by atoms with Gasteiger partial charge in [0.1, 0.15) is 6.04 Å². The molecule has 1 saturated heterocycles. The van der Waals surface area contributed by atoms with Gasteiger partial charge < -0.3 is 10.4 Å². The van der Waals surface area contributed by atoms with E-state index in [9.17, 15) is 9.59 Å². The second-order valence-corrected chi connectivity index (χ2v) is 5.39. The van der Waals surface area contributed by atoms with Crippen molar-refractivity contribution in [1.29, 1.82) is 0 Å². The molecule has 3 atom stereocenters. The number of rotatable bonds is 4. The molecular formula is C12H18N2O3S. The monoisotopic (exact) mass is 270 g/mol. The first kappa shape index (κ1) is 14.7. The highest BCUT2D eigenvalue weighted by Gasteiger charge is 2.41. The number of carboxylic acids is 1. The fraction of sp³-hybridized carbons (Fsp3) is 0.667. The van der Waals surface area contributed by atoms with Crippen molar-refractivity contribution in [3.63, 3.8) is 0 Å². The molecule has 1 fully saturated rings. The van der Waals surface area contributed by atoms with E-state index in [0.29, 0.717) is 5.75 Å². The van der Waals surface area contributed by atoms with Gasteiger partial charge in [-0.1, -0.05) is 19.3 Å². The number of carbonyl (C=O) groups excluding carboxylic acids is 1. The van der Waals surface area contributed by atoms with Crippen molar-refractivity contribution in [3.8, 4) is 12.3 Å². The van der Waals surface area contributed by atoms with Gasteiger partial charge in [-0.05, 0) is 13.3 Å². The maximum Gasteiger partial charge on any atom is 0.327 e. The van der Waals surface area contributed by atoms with Gasteiger partial charge in [0.25, 0.3) is 0 Å². The molecule has 0 spiro atoms. The zero-order valence-corrected chi connectivity index (χ0v) is 11.4. The highest BCUT2D eigenvalue weighted by molar-refractivity contribution is 8.00. The van der Waals surface area contributed by atoms with Crippen LogP contribution in [0.2, 0.25) is 0 Å². The molecule has 6 heteroatoms. The van der Waals surface area contributed by atoms with Crippen LogP contribution in [0.4, 0.5) is 4.79 Å². The number of aliphatic carboxylic acids is 1. The number of nitrogens with one attached hydrogen (secondary N) is 1. The molecule has 1 aliphatic heterocycles. The van der Waals surface area contributed by atoms with Crippen LogP contribution < -0.4 is 5.32 Å². The maximum absolute atomic E-state index is 12.1. The first-order valence-corrected chi connectivity index (χ1v) is 6.95. The number of terminal acetylenes is 1. The summed E-state index contributed by atoms with van der Waals surface area (Å²) in [6, 6.07) is -1.56. The van der Waals surface area contributed by atoms with E-state index in [1.165, 1.54) is 16.7 Å². The minimum Gasteiger partial charge on any atom is -0.480 e. The van der Waals surface area contributed by atoms with Crippen LogP contribution in [0.3, 0.4) is 0 Å². The van der Waals surface area contributed by atoms with Gasteiger partial charge in [-0.15, -0.1) is 18.2 Å². The second-order valence-electron chi connectivity index (χ2n) is 4.18. The number of hydrogen-bond acceptors (Lipinski definition) is 3. The lowest BCUT2D eigenvalue weighted by Gasteiger charge is -2.28. The van der Waals surface area contributed by atoms with Crippen LogP contribution >= 0.6 is 11.8 Å². The molecule has 0 radical (unpaired) electrons. The van der Waals surface area contributed by atoms with E-state index in [-0.39, 0.29) is 5.37 Å². The number of thioether (sulfide) groups is 1. The number of urea groups is 1. The minimum absolute atomic E-state index is 0.0823. The van der Waals surface area contributed by atoms with E-state index < -0.39 is 24.1 Å². The first-order valence-electron chi connectivity index (χ1n) is 5.90. The molecular weight excluding hydrogens is 252 g/mol. The summed E-state index contributed by atoms with van der Waals surface area (Å²) in [5, 5.41) is 11.7. The Morgan fingerprint density at radius 3 is 2.83 bits per heavy atom. The van der Waals surface area contributed by atoms with Crippen LogP contribution in [0, 0.1) is 12.3 Å². The summed E-state index contributed by atoms with van der Waals surface area (Å²) in [7, 11) is 0. The molecule has 100 valence electrons. The standard InChI is InChI=1S/C12H18N2O3S/c1-4-6-10-14(9(7-18-10)11(15)16)12(17)13-8(3)5-2/h2,8-10H,4,6-7H2,1,3H3,(H,13,17)(H,15,16). The summed E-state index contributed by atoms with van der Waals surface area (Å²) >= 11 is 1.51. The second kappa shape index (κ2) is 6.55. The Hall–Kier alpha value is -1.35. The molecule has 2 amide bonds. The number of carboxylic acid groups (broad SMARTS) is 1. The molecule has 0 aromatic heterocycles. The smallest absolute Gasteiger partial charge is 0.327 e. The molecule has 0 aromatic carbocycles. The summed E-state index contributed by atoms with van der Waals surface area (Å²) in [6.45, 7) is 3.69. The fourth-order valence-corrected chi connectivity index (χ4v) is 3.31. The normalized spacial score (nSPS) is 24.4. The Labute approximate surface area is 111 Å². The van der Waals surface area contributed by atoms with Crippen molar-refractivity contribution >= 4 is 23.8 Å². The van der Waals surface area contributed by atoms with Crippen molar-refractivity contribution < 1.29 is 14.7 Å². The zero-order valence-electron chi connectivity index (χ0n) is 10.5. The number of hydrogen-bond donors (Lipinski definition) is 2. The van der Waals surface area contributed by atoms with Crippen LogP contribution in [0.5, 0.6) is 0 Å². The Morgan fingerprint density at radius 1 is 1.67 bits per heavy atom. The van der Waals surface area contributed by atoms with E-state index in [2.05, 4.69) is 11.2 Å². The van der Waals surface area contributed by atoms with E-state index in [0.717, 1.165) is 12.8 Å². The molecule has 0 aromatic rings. The lowest BCUT2D eigenvalue weighted by atomic mass is 10.2. The molecule has 18 heavy (non-hydrogen) atoms. The topological polar surface area (TPSA) is 69.6 Å². The Balaban J connectivity index is 2.79. The molecule has 1 aliphatic rings. The van der Waals surface area contributed by atoms with Crippen molar-refractivity contribution in [2.45, 2.75) is 44.1 Å². The average Bonchev–Trinajstić information content (AvgIpc) is 2.73. The molecule has 5 nitrogen and oxygen atoms in total. The summed E-state index contributed by atoms with van der Waals surface area (Å²) in [5.41, 5.74) is 0. The Kier molecular flexibility index (Phi) is 5.35. The molecule has 0 bridgehead atoms. The third-order valence-electron chi connectivity index (χ3n) is 2.74. The predicted octanol–water partition coefficient (Wildman–Crippen LogP) is 1.35. The largest absolute Gasteiger partial charge is 0.480 e. The summed E-state index contributed by atoms with van der Waals surface area (Å²) in [4.78, 5) is 24.6. The minimum atomic E-state index is -0.968. The maximum atomic E-state index is 12.1. The first-order chi connectivity index (χ1) is 8.51. The fourth-order valence-electron chi connectivity index (χ4n) is 1.80. The van der Waals surface area contributed by atoms with Crippen LogP contribution in [0.25, 0.3) is 0 Å². The number of amides is 2. The van der Waals surface area contributed by atoms with Gasteiger partial charge in [-0.25, -0.2) is 9.59 Å². The van der Waals surface area contributed by atoms with Gasteiger partial charge in [0, 0.05) is 5.75 Å². The Bertz CT molecular complexity index is 367. The van der Waals surface area contributed by atoms with Crippen LogP contribution in [-0.4, -0.2) is 45.2 Å². The summed E-state index contributed by atoms with van der Waals surface area (Å²) < 4.78 is 0. The molecule has 2 N–H and O–H groups in total. The van der Waals surface area contributed by atoms with Gasteiger partial charge in [0.15, 0.2) is 0 Å². The highest BCUT2D eigenvalue weighted by atomic mass is 32.2. The zero-order chi connectivity index (χ0) is 13.7. The van der Waals surface area contributed by atoms with Crippen molar-refractivity contribution in [1.82, 2.24) is 10.2 Å². The molecule has 0 aliphatic carbocycles. The predicted molar refractivity (Wildman–Crippen MR) is 71.2 cm³/mol. The highest BCUT2D eigenvalue weighted by Crippen LogP contribution is 2.32. The van der Waals surface area contributed by atoms with Gasteiger partial charge in [0.2, 0.25) is 0 Å². The van der Waals surface area contributed by atoms with Gasteiger partial charge in [0.05, 0.1) is 11.4 Å². The molecule has 1 rings (SSSR count). The SMILES string of the molecule is C#CC(C)NC(=O)N1C(CCC)SCC1C(=O)O. The summed E-state index contributed by atoms with van der Waals surface area (Å²) in [5.74, 6) is 1.86. The van der Waals surface area contributed by atoms with Crippen LogP contribution in [0.1, 0.15) is 26.7 Å². The molecule has 0 saturated carbocycles. The van der Waals surface area contributed by atoms with Crippen molar-refractivity contribution in [2.24, 2.45) is 0 Å². The van der Waals surface area contributed by atoms with E-state index >= 15 is 0 Å². The lowest BCUT2D eigenvalue weighted by Crippen LogP contribution is -2.51. The molecule has 1 heterocycles. The third-order valence-corrected chi connectivity index (χ3v) is 4.09. The number of carbonyl (C=O) groups is 2. The van der Waals surface area contributed by atoms with Crippen LogP contribution in [-0.2, 0) is 4.79 Å². The third kappa shape index (κ3) is 3.33. The van der Waals surface area contributed by atoms with E-state index in [1.807, 2.05) is 6.92 Å². The van der Waals surface area contributed by atoms with Gasteiger partial charge >= 0.3 is 12.0 Å². The number of nitrogens with zero attached hydrogens (tertiary/aromatic N) is 1. The quantitative estimate of drug-likeness (QED) is 0.757. The summed E-state index contributed by atoms with van der Waals surface area (Å²) in [6.07, 6.45) is 6.89. The van der Waals surface area contributed by atoms with E-state index in [4.69, 9.17) is 11.5 Å². The van der Waals surface area contributed by atoms with Gasteiger partial charge in [-0.3, -0.25) is 4.90 Å². The average molecular weight is 270 g/mol. The van der Waals surface area contributed by atoms with Crippen molar-refractivity contribution in [2.75, 3.05) is 5.75 Å². The lowest BCUT2D eigenvalue weighted by molar-refractivity contribution is -0.141. The van der Waals surface area contributed by atoms with Gasteiger partial charge in [-0.2, -0.15) is 0 Å². The van der Waals surface area contributed by atoms with Crippen molar-refractivity contribution in [3.05, 3.63) is 0 Å². The van der Waals surface area contributed by atoms with Crippen LogP contribution in [0.15, 0.2) is 0 Å². The Morgan fingerprint density at radius 2 is 2.33 bits per heavy atom. The van der Waals surface area contributed by atoms with E-state index in [1.54, 1.807) is 6.92 Å².